The molecule has 162 valence electrons. The molecule has 1 atom stereocenters. The monoisotopic (exact) mass is 429 g/mol. The van der Waals surface area contributed by atoms with Crippen LogP contribution in [0.1, 0.15) is 29.7 Å². The molecular weight excluding hydrogens is 406 g/mol. The van der Waals surface area contributed by atoms with Crippen molar-refractivity contribution in [1.82, 2.24) is 0 Å². The van der Waals surface area contributed by atoms with Gasteiger partial charge < -0.3 is 14.9 Å². The molecule has 3 aromatic rings. The molecule has 3 aromatic carbocycles. The molecule has 6 heteroatoms. The minimum absolute atomic E-state index is 0.00180. The number of para-hydroxylation sites is 1. The molecular formula is C26H23NO5. The third kappa shape index (κ3) is 3.71. The summed E-state index contributed by atoms with van der Waals surface area (Å²) in [7, 11) is 0. The normalized spacial score (nSPS) is 17.6. The van der Waals surface area contributed by atoms with Gasteiger partial charge in [-0.1, -0.05) is 30.3 Å². The second-order valence-electron chi connectivity index (χ2n) is 7.51. The zero-order valence-corrected chi connectivity index (χ0v) is 17.8. The Labute approximate surface area is 186 Å². The molecule has 1 unspecified atom stereocenters. The van der Waals surface area contributed by atoms with Crippen LogP contribution < -0.4 is 9.64 Å². The maximum atomic E-state index is 13.1. The molecule has 4 rings (SSSR count). The van der Waals surface area contributed by atoms with Gasteiger partial charge in [0.2, 0.25) is 0 Å². The van der Waals surface area contributed by atoms with E-state index < -0.39 is 17.7 Å². The van der Waals surface area contributed by atoms with Crippen molar-refractivity contribution < 1.29 is 24.5 Å². The Morgan fingerprint density at radius 3 is 2.41 bits per heavy atom. The average Bonchev–Trinajstić information content (AvgIpc) is 3.06. The SMILES string of the molecule is CCOc1ccc(/C(O)=C2/C(=O)C(=O)N(c3ccccc3)C2c2cccc(O)c2)cc1C. The third-order valence-electron chi connectivity index (χ3n) is 5.41. The summed E-state index contributed by atoms with van der Waals surface area (Å²) >= 11 is 0. The quantitative estimate of drug-likeness (QED) is 0.348. The van der Waals surface area contributed by atoms with Gasteiger partial charge in [0.05, 0.1) is 18.2 Å². The minimum atomic E-state index is -0.892. The van der Waals surface area contributed by atoms with Crippen LogP contribution in [0.3, 0.4) is 0 Å². The van der Waals surface area contributed by atoms with Gasteiger partial charge in [0.25, 0.3) is 11.7 Å². The van der Waals surface area contributed by atoms with E-state index >= 15 is 0 Å². The number of phenolic OH excluding ortho intramolecular Hbond substituents is 1. The van der Waals surface area contributed by atoms with E-state index in [0.29, 0.717) is 29.2 Å². The third-order valence-corrected chi connectivity index (χ3v) is 5.41. The van der Waals surface area contributed by atoms with E-state index in [-0.39, 0.29) is 17.1 Å². The summed E-state index contributed by atoms with van der Waals surface area (Å²) in [6.45, 7) is 4.23. The number of carbonyl (C=O) groups excluding carboxylic acids is 2. The molecule has 0 saturated carbocycles. The number of Topliss-reactive ketones (excluding diaryl/α,β-unsaturated/α-hetero) is 1. The number of hydrogen-bond acceptors (Lipinski definition) is 5. The van der Waals surface area contributed by atoms with E-state index in [0.717, 1.165) is 5.56 Å². The number of phenols is 1. The summed E-state index contributed by atoms with van der Waals surface area (Å²) in [4.78, 5) is 27.6. The zero-order chi connectivity index (χ0) is 22.8. The first-order valence-electron chi connectivity index (χ1n) is 10.3. The van der Waals surface area contributed by atoms with Crippen molar-refractivity contribution >= 4 is 23.1 Å². The average molecular weight is 429 g/mol. The van der Waals surface area contributed by atoms with Crippen molar-refractivity contribution in [3.63, 3.8) is 0 Å². The van der Waals surface area contributed by atoms with Crippen LogP contribution >= 0.6 is 0 Å². The number of ketones is 1. The predicted octanol–water partition coefficient (Wildman–Crippen LogP) is 4.73. The number of ether oxygens (including phenoxy) is 1. The van der Waals surface area contributed by atoms with Gasteiger partial charge in [-0.05, 0) is 67.4 Å². The highest BCUT2D eigenvalue weighted by atomic mass is 16.5. The lowest BCUT2D eigenvalue weighted by atomic mass is 9.94. The van der Waals surface area contributed by atoms with Gasteiger partial charge in [0, 0.05) is 11.3 Å². The molecule has 1 amide bonds. The topological polar surface area (TPSA) is 87.1 Å². The van der Waals surface area contributed by atoms with Crippen molar-refractivity contribution in [3.05, 3.63) is 95.1 Å². The summed E-state index contributed by atoms with van der Waals surface area (Å²) in [5.41, 5.74) is 2.19. The smallest absolute Gasteiger partial charge is 0.300 e. The van der Waals surface area contributed by atoms with Crippen LogP contribution in [-0.2, 0) is 9.59 Å². The predicted molar refractivity (Wildman–Crippen MR) is 122 cm³/mol. The van der Waals surface area contributed by atoms with Crippen LogP contribution in [0.5, 0.6) is 11.5 Å². The molecule has 0 radical (unpaired) electrons. The van der Waals surface area contributed by atoms with Crippen molar-refractivity contribution in [2.75, 3.05) is 11.5 Å². The summed E-state index contributed by atoms with van der Waals surface area (Å²) in [6, 6.07) is 19.3. The molecule has 0 spiro atoms. The Kier molecular flexibility index (Phi) is 5.69. The lowest BCUT2D eigenvalue weighted by Crippen LogP contribution is -2.29. The fraction of sp³-hybridized carbons (Fsp3) is 0.154. The van der Waals surface area contributed by atoms with Gasteiger partial charge in [-0.15, -0.1) is 0 Å². The lowest BCUT2D eigenvalue weighted by molar-refractivity contribution is -0.132. The van der Waals surface area contributed by atoms with Crippen LogP contribution in [0.4, 0.5) is 5.69 Å². The number of aryl methyl sites for hydroxylation is 1. The Morgan fingerprint density at radius 2 is 1.75 bits per heavy atom. The van der Waals surface area contributed by atoms with E-state index in [1.165, 1.54) is 17.0 Å². The van der Waals surface area contributed by atoms with Crippen LogP contribution in [0.2, 0.25) is 0 Å². The Bertz CT molecular complexity index is 1220. The van der Waals surface area contributed by atoms with Gasteiger partial charge in [-0.25, -0.2) is 0 Å². The summed E-state index contributed by atoms with van der Waals surface area (Å²) in [5, 5.41) is 21.2. The minimum Gasteiger partial charge on any atom is -0.508 e. The van der Waals surface area contributed by atoms with Crippen molar-refractivity contribution in [2.24, 2.45) is 0 Å². The molecule has 6 nitrogen and oxygen atoms in total. The summed E-state index contributed by atoms with van der Waals surface area (Å²) in [5.74, 6) is -1.13. The lowest BCUT2D eigenvalue weighted by Gasteiger charge is -2.25. The number of benzene rings is 3. The van der Waals surface area contributed by atoms with Crippen LogP contribution in [-0.4, -0.2) is 28.5 Å². The molecule has 1 fully saturated rings. The van der Waals surface area contributed by atoms with Crippen LogP contribution in [0.15, 0.2) is 78.4 Å². The van der Waals surface area contributed by atoms with Crippen molar-refractivity contribution in [1.29, 1.82) is 0 Å². The maximum Gasteiger partial charge on any atom is 0.300 e. The second kappa shape index (κ2) is 8.59. The highest BCUT2D eigenvalue weighted by Gasteiger charge is 2.47. The fourth-order valence-corrected chi connectivity index (χ4v) is 3.97. The van der Waals surface area contributed by atoms with Crippen LogP contribution in [0.25, 0.3) is 5.76 Å². The molecule has 0 aliphatic carbocycles. The van der Waals surface area contributed by atoms with Crippen molar-refractivity contribution in [3.8, 4) is 11.5 Å². The molecule has 32 heavy (non-hydrogen) atoms. The van der Waals surface area contributed by atoms with Gasteiger partial charge in [0.15, 0.2) is 0 Å². The Hall–Kier alpha value is -4.06. The summed E-state index contributed by atoms with van der Waals surface area (Å²) in [6.07, 6.45) is 0. The van der Waals surface area contributed by atoms with Crippen LogP contribution in [0, 0.1) is 6.92 Å². The Balaban J connectivity index is 1.91. The van der Waals surface area contributed by atoms with Gasteiger partial charge in [0.1, 0.15) is 17.3 Å². The first-order valence-corrected chi connectivity index (χ1v) is 10.3. The first-order chi connectivity index (χ1) is 15.4. The molecule has 1 saturated heterocycles. The molecule has 1 heterocycles. The van der Waals surface area contributed by atoms with Crippen molar-refractivity contribution in [2.45, 2.75) is 19.9 Å². The van der Waals surface area contributed by atoms with E-state index in [9.17, 15) is 19.8 Å². The number of amides is 1. The number of carbonyl (C=O) groups is 2. The van der Waals surface area contributed by atoms with Gasteiger partial charge >= 0.3 is 0 Å². The largest absolute Gasteiger partial charge is 0.508 e. The number of aromatic hydroxyl groups is 1. The molecule has 0 bridgehead atoms. The summed E-state index contributed by atoms with van der Waals surface area (Å²) < 4.78 is 5.56. The number of aliphatic hydroxyl groups excluding tert-OH is 1. The number of nitrogens with zero attached hydrogens (tertiary/aromatic N) is 1. The number of hydrogen-bond donors (Lipinski definition) is 2. The number of anilines is 1. The standard InChI is InChI=1S/C26H23NO5/c1-3-32-21-13-12-18(14-16(21)2)24(29)22-23(17-8-7-11-20(28)15-17)27(26(31)25(22)30)19-9-5-4-6-10-19/h4-15,23,28-29H,3H2,1-2H3/b24-22-. The number of rotatable bonds is 5. The second-order valence-corrected chi connectivity index (χ2v) is 7.51. The zero-order valence-electron chi connectivity index (χ0n) is 17.8. The highest BCUT2D eigenvalue weighted by molar-refractivity contribution is 6.51. The molecule has 2 N–H and O–H groups in total. The molecule has 1 aliphatic rings. The first kappa shape index (κ1) is 21.2. The van der Waals surface area contributed by atoms with Gasteiger partial charge in [-0.3, -0.25) is 14.5 Å². The van der Waals surface area contributed by atoms with E-state index in [4.69, 9.17) is 4.74 Å². The van der Waals surface area contributed by atoms with E-state index in [1.807, 2.05) is 19.9 Å². The highest BCUT2D eigenvalue weighted by Crippen LogP contribution is 2.42. The fourth-order valence-electron chi connectivity index (χ4n) is 3.97. The van der Waals surface area contributed by atoms with Gasteiger partial charge in [-0.2, -0.15) is 0 Å². The van der Waals surface area contributed by atoms with E-state index in [1.54, 1.807) is 54.6 Å². The Morgan fingerprint density at radius 1 is 1.00 bits per heavy atom. The number of aliphatic hydroxyl groups is 1. The van der Waals surface area contributed by atoms with E-state index in [2.05, 4.69) is 0 Å². The molecule has 1 aliphatic heterocycles. The maximum absolute atomic E-state index is 13.1. The molecule has 0 aromatic heterocycles.